The fourth-order valence-electron chi connectivity index (χ4n) is 2.44. The van der Waals surface area contributed by atoms with Crippen LogP contribution < -0.4 is 11.1 Å². The number of aromatic nitrogens is 1. The van der Waals surface area contributed by atoms with E-state index in [9.17, 15) is 4.79 Å². The Morgan fingerprint density at radius 3 is 2.67 bits per heavy atom. The van der Waals surface area contributed by atoms with Gasteiger partial charge < -0.3 is 15.6 Å². The molecule has 1 unspecified atom stereocenters. The van der Waals surface area contributed by atoms with Crippen molar-refractivity contribution in [3.63, 3.8) is 0 Å². The van der Waals surface area contributed by atoms with Gasteiger partial charge in [0.25, 0.3) is 5.91 Å². The third kappa shape index (κ3) is 3.05. The highest BCUT2D eigenvalue weighted by Gasteiger charge is 2.28. The maximum atomic E-state index is 12.4. The van der Waals surface area contributed by atoms with Gasteiger partial charge in [0.05, 0.1) is 11.7 Å². The Morgan fingerprint density at radius 2 is 2.05 bits per heavy atom. The lowest BCUT2D eigenvalue weighted by molar-refractivity contribution is 0.0930. The van der Waals surface area contributed by atoms with E-state index in [0.29, 0.717) is 22.4 Å². The maximum Gasteiger partial charge on any atom is 0.268 e. The van der Waals surface area contributed by atoms with Gasteiger partial charge in [-0.15, -0.1) is 0 Å². The Hall–Kier alpha value is -1.94. The summed E-state index contributed by atoms with van der Waals surface area (Å²) in [5, 5.41) is 3.70. The van der Waals surface area contributed by atoms with E-state index in [1.165, 1.54) is 0 Å². The van der Waals surface area contributed by atoms with Crippen molar-refractivity contribution >= 4 is 23.2 Å². The number of nitrogens with one attached hydrogen (secondary N) is 1. The van der Waals surface area contributed by atoms with Gasteiger partial charge in [0.2, 0.25) is 0 Å². The molecule has 3 N–H and O–H groups in total. The molecule has 1 aliphatic rings. The predicted molar refractivity (Wildman–Crippen MR) is 84.4 cm³/mol. The van der Waals surface area contributed by atoms with Gasteiger partial charge in [-0.1, -0.05) is 23.7 Å². The number of nitrogen functional groups attached to an aromatic ring is 1. The van der Waals surface area contributed by atoms with Crippen molar-refractivity contribution in [1.82, 2.24) is 9.88 Å². The van der Waals surface area contributed by atoms with Gasteiger partial charge in [0.15, 0.2) is 0 Å². The fourth-order valence-corrected chi connectivity index (χ4v) is 2.57. The normalized spacial score (nSPS) is 15.7. The number of anilines is 1. The molecule has 3 rings (SSSR count). The molecule has 1 aliphatic carbocycles. The van der Waals surface area contributed by atoms with Crippen molar-refractivity contribution in [3.05, 3.63) is 52.8 Å². The molecule has 2 aromatic rings. The molecule has 0 saturated heterocycles. The van der Waals surface area contributed by atoms with Crippen LogP contribution in [-0.4, -0.2) is 10.5 Å². The Labute approximate surface area is 128 Å². The number of nitrogens with zero attached hydrogens (tertiary/aromatic N) is 1. The second-order valence-electron chi connectivity index (χ2n) is 5.54. The summed E-state index contributed by atoms with van der Waals surface area (Å²) < 4.78 is 1.99. The van der Waals surface area contributed by atoms with Gasteiger partial charge in [-0.2, -0.15) is 0 Å². The van der Waals surface area contributed by atoms with Crippen LogP contribution in [0.3, 0.4) is 0 Å². The summed E-state index contributed by atoms with van der Waals surface area (Å²) >= 11 is 5.88. The number of benzene rings is 1. The summed E-state index contributed by atoms with van der Waals surface area (Å²) in [5.74, 6) is -0.0962. The minimum Gasteiger partial charge on any atom is -0.397 e. The first-order valence-electron chi connectivity index (χ1n) is 7.08. The van der Waals surface area contributed by atoms with E-state index >= 15 is 0 Å². The Morgan fingerprint density at radius 1 is 1.38 bits per heavy atom. The van der Waals surface area contributed by atoms with Crippen LogP contribution in [0.15, 0.2) is 36.5 Å². The fraction of sp³-hybridized carbons (Fsp3) is 0.312. The first kappa shape index (κ1) is 14.0. The highest BCUT2D eigenvalue weighted by atomic mass is 35.5. The largest absolute Gasteiger partial charge is 0.397 e. The number of halogens is 1. The van der Waals surface area contributed by atoms with Crippen molar-refractivity contribution in [2.45, 2.75) is 31.8 Å². The average molecular weight is 304 g/mol. The zero-order chi connectivity index (χ0) is 15.0. The highest BCUT2D eigenvalue weighted by molar-refractivity contribution is 6.30. The van der Waals surface area contributed by atoms with Crippen LogP contribution in [0.5, 0.6) is 0 Å². The average Bonchev–Trinajstić information content (AvgIpc) is 3.22. The Balaban J connectivity index is 1.75. The van der Waals surface area contributed by atoms with E-state index in [2.05, 4.69) is 5.32 Å². The van der Waals surface area contributed by atoms with Crippen LogP contribution in [0.4, 0.5) is 5.69 Å². The molecular weight excluding hydrogens is 286 g/mol. The van der Waals surface area contributed by atoms with Gasteiger partial charge >= 0.3 is 0 Å². The smallest absolute Gasteiger partial charge is 0.268 e. The molecule has 0 spiro atoms. The minimum absolute atomic E-state index is 0.0847. The molecule has 0 aliphatic heterocycles. The quantitative estimate of drug-likeness (QED) is 0.907. The van der Waals surface area contributed by atoms with E-state index in [1.54, 1.807) is 6.07 Å². The van der Waals surface area contributed by atoms with Gasteiger partial charge in [-0.3, -0.25) is 4.79 Å². The summed E-state index contributed by atoms with van der Waals surface area (Å²) in [5.41, 5.74) is 8.11. The summed E-state index contributed by atoms with van der Waals surface area (Å²) in [6.07, 6.45) is 4.07. The number of amides is 1. The highest BCUT2D eigenvalue weighted by Crippen LogP contribution is 2.37. The van der Waals surface area contributed by atoms with Crippen molar-refractivity contribution in [2.75, 3.05) is 5.73 Å². The van der Waals surface area contributed by atoms with E-state index < -0.39 is 0 Å². The summed E-state index contributed by atoms with van der Waals surface area (Å²) in [6, 6.07) is 9.56. The topological polar surface area (TPSA) is 60.1 Å². The van der Waals surface area contributed by atoms with Crippen molar-refractivity contribution in [1.29, 1.82) is 0 Å². The second-order valence-corrected chi connectivity index (χ2v) is 5.98. The third-order valence-corrected chi connectivity index (χ3v) is 4.01. The Kier molecular flexibility index (Phi) is 3.64. The number of hydrogen-bond acceptors (Lipinski definition) is 2. The summed E-state index contributed by atoms with van der Waals surface area (Å²) in [7, 11) is 0. The van der Waals surface area contributed by atoms with Gasteiger partial charge in [-0.25, -0.2) is 0 Å². The predicted octanol–water partition coefficient (Wildman–Crippen LogP) is 3.55. The molecule has 1 aromatic heterocycles. The van der Waals surface area contributed by atoms with Crippen molar-refractivity contribution < 1.29 is 4.79 Å². The van der Waals surface area contributed by atoms with E-state index in [-0.39, 0.29) is 11.9 Å². The number of rotatable bonds is 4. The molecule has 4 nitrogen and oxygen atoms in total. The van der Waals surface area contributed by atoms with Crippen LogP contribution in [-0.2, 0) is 0 Å². The Bertz CT molecular complexity index is 659. The van der Waals surface area contributed by atoms with Gasteiger partial charge in [0, 0.05) is 17.3 Å². The number of hydrogen-bond donors (Lipinski definition) is 2. The zero-order valence-electron chi connectivity index (χ0n) is 11.8. The molecule has 1 fully saturated rings. The number of carbonyl (C=O) groups is 1. The van der Waals surface area contributed by atoms with Crippen LogP contribution in [0.2, 0.25) is 5.02 Å². The molecular formula is C16H18ClN3O. The van der Waals surface area contributed by atoms with Crippen LogP contribution >= 0.6 is 11.6 Å². The molecule has 1 aromatic carbocycles. The molecule has 0 radical (unpaired) electrons. The molecule has 110 valence electrons. The van der Waals surface area contributed by atoms with E-state index in [1.807, 2.05) is 42.0 Å². The second kappa shape index (κ2) is 5.45. The van der Waals surface area contributed by atoms with Crippen LogP contribution in [0.25, 0.3) is 0 Å². The lowest BCUT2D eigenvalue weighted by Crippen LogP contribution is -2.28. The first-order valence-corrected chi connectivity index (χ1v) is 7.46. The lowest BCUT2D eigenvalue weighted by Gasteiger charge is -2.15. The van der Waals surface area contributed by atoms with Crippen LogP contribution in [0.1, 0.15) is 47.9 Å². The van der Waals surface area contributed by atoms with Crippen molar-refractivity contribution in [3.8, 4) is 0 Å². The lowest BCUT2D eigenvalue weighted by atomic mass is 10.1. The van der Waals surface area contributed by atoms with Crippen molar-refractivity contribution in [2.24, 2.45) is 0 Å². The van der Waals surface area contributed by atoms with E-state index in [0.717, 1.165) is 18.4 Å². The standard InChI is InChI=1S/C16H18ClN3O/c1-10(11-2-4-12(17)5-3-11)19-16(21)15-8-13(18)9-20(15)14-6-7-14/h2-5,8-10,14H,6-7,18H2,1H3,(H,19,21). The minimum atomic E-state index is -0.0962. The molecule has 21 heavy (non-hydrogen) atoms. The third-order valence-electron chi connectivity index (χ3n) is 3.76. The summed E-state index contributed by atoms with van der Waals surface area (Å²) in [4.78, 5) is 12.4. The number of nitrogens with two attached hydrogens (primary N) is 1. The molecule has 1 amide bonds. The van der Waals surface area contributed by atoms with Crippen LogP contribution in [0, 0.1) is 0 Å². The molecule has 5 heteroatoms. The molecule has 1 heterocycles. The summed E-state index contributed by atoms with van der Waals surface area (Å²) in [6.45, 7) is 1.95. The first-order chi connectivity index (χ1) is 10.0. The number of carbonyl (C=O) groups excluding carboxylic acids is 1. The molecule has 0 bridgehead atoms. The maximum absolute atomic E-state index is 12.4. The molecule has 1 saturated carbocycles. The molecule has 1 atom stereocenters. The van der Waals surface area contributed by atoms with E-state index in [4.69, 9.17) is 17.3 Å². The SMILES string of the molecule is CC(NC(=O)c1cc(N)cn1C1CC1)c1ccc(Cl)cc1. The van der Waals surface area contributed by atoms with Gasteiger partial charge in [0.1, 0.15) is 5.69 Å². The van der Waals surface area contributed by atoms with Gasteiger partial charge in [-0.05, 0) is 43.5 Å². The zero-order valence-corrected chi connectivity index (χ0v) is 12.6. The monoisotopic (exact) mass is 303 g/mol.